The molecule has 2 N–H and O–H groups in total. The summed E-state index contributed by atoms with van der Waals surface area (Å²) < 4.78 is 0. The predicted octanol–water partition coefficient (Wildman–Crippen LogP) is 1.85. The van der Waals surface area contributed by atoms with Crippen molar-refractivity contribution in [3.05, 3.63) is 41.2 Å². The van der Waals surface area contributed by atoms with E-state index in [-0.39, 0.29) is 24.4 Å². The zero-order chi connectivity index (χ0) is 15.4. The van der Waals surface area contributed by atoms with Crippen LogP contribution in [0.15, 0.2) is 29.9 Å². The van der Waals surface area contributed by atoms with Crippen LogP contribution in [0.3, 0.4) is 0 Å². The molecule has 0 saturated carbocycles. The molecular weight excluding hydrogens is 334 g/mol. The smallest absolute Gasteiger partial charge is 0.240 e. The first kappa shape index (κ1) is 17.8. The normalized spacial score (nSPS) is 18.2. The highest BCUT2D eigenvalue weighted by Crippen LogP contribution is 2.21. The second-order valence-corrected chi connectivity index (χ2v) is 6.18. The maximum atomic E-state index is 12.2. The number of pyridine rings is 1. The van der Waals surface area contributed by atoms with Crippen LogP contribution in [0.25, 0.3) is 0 Å². The quantitative estimate of drug-likeness (QED) is 0.877. The summed E-state index contributed by atoms with van der Waals surface area (Å²) in [5, 5.41) is 8.84. The van der Waals surface area contributed by atoms with Crippen molar-refractivity contribution in [2.75, 3.05) is 31.5 Å². The van der Waals surface area contributed by atoms with E-state index in [4.69, 9.17) is 0 Å². The van der Waals surface area contributed by atoms with Gasteiger partial charge in [-0.2, -0.15) is 0 Å². The molecule has 1 atom stereocenters. The molecule has 3 heterocycles. The van der Waals surface area contributed by atoms with E-state index in [1.54, 1.807) is 6.20 Å². The first-order valence-corrected chi connectivity index (χ1v) is 8.17. The first-order chi connectivity index (χ1) is 10.7. The van der Waals surface area contributed by atoms with Crippen LogP contribution < -0.4 is 10.6 Å². The molecule has 1 fully saturated rings. The number of amides is 1. The molecule has 6 nitrogen and oxygen atoms in total. The average Bonchev–Trinajstić information content (AvgIpc) is 2.93. The molecule has 0 aliphatic carbocycles. The zero-order valence-corrected chi connectivity index (χ0v) is 14.5. The Hall–Kier alpha value is -1.54. The number of rotatable bonds is 4. The molecule has 0 spiro atoms. The van der Waals surface area contributed by atoms with Gasteiger partial charge in [0.05, 0.1) is 12.2 Å². The lowest BCUT2D eigenvalue weighted by Gasteiger charge is -2.35. The minimum Gasteiger partial charge on any atom is -0.314 e. The number of hydrogen-bond acceptors (Lipinski definition) is 6. The van der Waals surface area contributed by atoms with Gasteiger partial charge in [0.15, 0.2) is 5.13 Å². The van der Waals surface area contributed by atoms with Crippen molar-refractivity contribution in [1.82, 2.24) is 20.2 Å². The number of piperazine rings is 1. The summed E-state index contributed by atoms with van der Waals surface area (Å²) in [5.41, 5.74) is 2.06. The molecule has 23 heavy (non-hydrogen) atoms. The number of carbonyl (C=O) groups excluding carboxylic acids is 1. The molecule has 2 aromatic rings. The van der Waals surface area contributed by atoms with Gasteiger partial charge < -0.3 is 10.6 Å². The Morgan fingerprint density at radius 3 is 3.13 bits per heavy atom. The largest absolute Gasteiger partial charge is 0.314 e. The minimum absolute atomic E-state index is 0. The summed E-state index contributed by atoms with van der Waals surface area (Å²) in [6.45, 7) is 4.83. The molecule has 3 rings (SSSR count). The van der Waals surface area contributed by atoms with Gasteiger partial charge in [-0.1, -0.05) is 6.07 Å². The molecule has 2 aromatic heterocycles. The fourth-order valence-electron chi connectivity index (χ4n) is 2.59. The van der Waals surface area contributed by atoms with E-state index in [0.29, 0.717) is 11.7 Å². The van der Waals surface area contributed by atoms with Gasteiger partial charge in [0.2, 0.25) is 5.91 Å². The van der Waals surface area contributed by atoms with Gasteiger partial charge in [0.25, 0.3) is 0 Å². The van der Waals surface area contributed by atoms with Gasteiger partial charge in [-0.15, -0.1) is 23.7 Å². The third kappa shape index (κ3) is 4.71. The lowest BCUT2D eigenvalue weighted by atomic mass is 10.1. The monoisotopic (exact) mass is 353 g/mol. The highest BCUT2D eigenvalue weighted by atomic mass is 35.5. The van der Waals surface area contributed by atoms with Crippen molar-refractivity contribution < 1.29 is 4.79 Å². The molecular formula is C15H20ClN5OS. The SMILES string of the molecule is Cc1csc(NC(=O)CN2CCNCC2c2cccnc2)n1.Cl. The lowest BCUT2D eigenvalue weighted by Crippen LogP contribution is -2.48. The number of nitrogens with one attached hydrogen (secondary N) is 2. The molecule has 1 aliphatic rings. The van der Waals surface area contributed by atoms with Crippen molar-refractivity contribution in [3.8, 4) is 0 Å². The zero-order valence-electron chi connectivity index (χ0n) is 12.9. The summed E-state index contributed by atoms with van der Waals surface area (Å²) in [6.07, 6.45) is 3.63. The van der Waals surface area contributed by atoms with Crippen LogP contribution in [-0.4, -0.2) is 47.0 Å². The summed E-state index contributed by atoms with van der Waals surface area (Å²) in [7, 11) is 0. The van der Waals surface area contributed by atoms with Gasteiger partial charge in [0, 0.05) is 43.4 Å². The van der Waals surface area contributed by atoms with Crippen LogP contribution in [0.2, 0.25) is 0 Å². The highest BCUT2D eigenvalue weighted by Gasteiger charge is 2.25. The molecule has 1 amide bonds. The van der Waals surface area contributed by atoms with Gasteiger partial charge in [-0.25, -0.2) is 4.98 Å². The van der Waals surface area contributed by atoms with Crippen LogP contribution in [0, 0.1) is 6.92 Å². The van der Waals surface area contributed by atoms with E-state index in [0.717, 1.165) is 30.9 Å². The van der Waals surface area contributed by atoms with E-state index < -0.39 is 0 Å². The summed E-state index contributed by atoms with van der Waals surface area (Å²) in [6, 6.07) is 4.16. The van der Waals surface area contributed by atoms with Crippen LogP contribution >= 0.6 is 23.7 Å². The summed E-state index contributed by atoms with van der Waals surface area (Å²) in [4.78, 5) is 22.9. The summed E-state index contributed by atoms with van der Waals surface area (Å²) in [5.74, 6) is -0.0230. The Morgan fingerprint density at radius 2 is 2.43 bits per heavy atom. The number of aromatic nitrogens is 2. The van der Waals surface area contributed by atoms with Crippen LogP contribution in [-0.2, 0) is 4.79 Å². The minimum atomic E-state index is -0.0230. The number of hydrogen-bond donors (Lipinski definition) is 2. The van der Waals surface area contributed by atoms with Crippen molar-refractivity contribution in [2.45, 2.75) is 13.0 Å². The Morgan fingerprint density at radius 1 is 1.57 bits per heavy atom. The number of carbonyl (C=O) groups is 1. The molecule has 8 heteroatoms. The Kier molecular flexibility index (Phi) is 6.47. The molecule has 1 saturated heterocycles. The second kappa shape index (κ2) is 8.35. The number of nitrogens with zero attached hydrogens (tertiary/aromatic N) is 3. The van der Waals surface area contributed by atoms with Crippen molar-refractivity contribution >= 4 is 34.8 Å². The van der Waals surface area contributed by atoms with Gasteiger partial charge in [-0.05, 0) is 18.6 Å². The number of aryl methyl sites for hydroxylation is 1. The molecule has 1 unspecified atom stereocenters. The fourth-order valence-corrected chi connectivity index (χ4v) is 3.30. The first-order valence-electron chi connectivity index (χ1n) is 7.29. The van der Waals surface area contributed by atoms with E-state index in [1.807, 2.05) is 24.6 Å². The lowest BCUT2D eigenvalue weighted by molar-refractivity contribution is -0.118. The molecule has 0 radical (unpaired) electrons. The maximum Gasteiger partial charge on any atom is 0.240 e. The standard InChI is InChI=1S/C15H19N5OS.ClH/c1-11-10-22-15(18-11)19-14(21)9-20-6-5-17-8-13(20)12-3-2-4-16-7-12;/h2-4,7,10,13,17H,5-6,8-9H2,1H3,(H,18,19,21);1H. The van der Waals surface area contributed by atoms with Gasteiger partial charge >= 0.3 is 0 Å². The third-order valence-electron chi connectivity index (χ3n) is 3.64. The van der Waals surface area contributed by atoms with Gasteiger partial charge in [-0.3, -0.25) is 14.7 Å². The van der Waals surface area contributed by atoms with Crippen LogP contribution in [0.4, 0.5) is 5.13 Å². The van der Waals surface area contributed by atoms with E-state index in [2.05, 4.69) is 31.6 Å². The fraction of sp³-hybridized carbons (Fsp3) is 0.400. The van der Waals surface area contributed by atoms with E-state index >= 15 is 0 Å². The maximum absolute atomic E-state index is 12.2. The molecule has 0 bridgehead atoms. The summed E-state index contributed by atoms with van der Waals surface area (Å²) >= 11 is 1.45. The third-order valence-corrected chi connectivity index (χ3v) is 4.51. The van der Waals surface area contributed by atoms with E-state index in [9.17, 15) is 4.79 Å². The Bertz CT molecular complexity index is 636. The Labute approximate surface area is 145 Å². The highest BCUT2D eigenvalue weighted by molar-refractivity contribution is 7.13. The van der Waals surface area contributed by atoms with Crippen LogP contribution in [0.5, 0.6) is 0 Å². The number of thiazole rings is 1. The van der Waals surface area contributed by atoms with Crippen LogP contribution in [0.1, 0.15) is 17.3 Å². The molecule has 0 aromatic carbocycles. The topological polar surface area (TPSA) is 70.2 Å². The van der Waals surface area contributed by atoms with Gasteiger partial charge in [0.1, 0.15) is 0 Å². The molecule has 1 aliphatic heterocycles. The molecule has 124 valence electrons. The number of anilines is 1. The average molecular weight is 354 g/mol. The predicted molar refractivity (Wildman–Crippen MR) is 94.1 cm³/mol. The van der Waals surface area contributed by atoms with Crippen molar-refractivity contribution in [3.63, 3.8) is 0 Å². The van der Waals surface area contributed by atoms with E-state index in [1.165, 1.54) is 11.3 Å². The number of halogens is 1. The second-order valence-electron chi connectivity index (χ2n) is 5.32. The van der Waals surface area contributed by atoms with Crippen molar-refractivity contribution in [1.29, 1.82) is 0 Å². The van der Waals surface area contributed by atoms with Crippen molar-refractivity contribution in [2.24, 2.45) is 0 Å². The Balaban J connectivity index is 0.00000192.